The smallest absolute Gasteiger partial charge is 0.0467 e. The lowest BCUT2D eigenvalue weighted by molar-refractivity contribution is 1.07. The Morgan fingerprint density at radius 3 is 1.95 bits per heavy atom. The van der Waals surface area contributed by atoms with Gasteiger partial charge < -0.3 is 10.6 Å². The number of nitrogens with two attached hydrogens (primary N) is 1. The van der Waals surface area contributed by atoms with Crippen LogP contribution >= 0.6 is 0 Å². The predicted octanol–water partition coefficient (Wildman–Crippen LogP) is 3.84. The lowest BCUT2D eigenvalue weighted by atomic mass is 10.0. The van der Waals surface area contributed by atoms with E-state index in [2.05, 4.69) is 69.1 Å². The van der Waals surface area contributed by atoms with Crippen molar-refractivity contribution in [3.8, 4) is 0 Å². The quantitative estimate of drug-likeness (QED) is 0.901. The standard InChI is InChI=1S/C17H22N2/c1-12-9-13(2)17(14(3)10-12)19(4)16-7-5-15(11-18)6-8-16/h5-10H,11,18H2,1-4H3. The van der Waals surface area contributed by atoms with Crippen LogP contribution in [0, 0.1) is 20.8 Å². The summed E-state index contributed by atoms with van der Waals surface area (Å²) in [4.78, 5) is 2.24. The summed E-state index contributed by atoms with van der Waals surface area (Å²) >= 11 is 0. The monoisotopic (exact) mass is 254 g/mol. The fourth-order valence-corrected chi connectivity index (χ4v) is 2.69. The van der Waals surface area contributed by atoms with Crippen molar-refractivity contribution >= 4 is 11.4 Å². The maximum atomic E-state index is 5.64. The molecule has 0 saturated heterocycles. The molecule has 0 aliphatic carbocycles. The highest BCUT2D eigenvalue weighted by molar-refractivity contribution is 5.69. The second-order valence-corrected chi connectivity index (χ2v) is 5.18. The van der Waals surface area contributed by atoms with Crippen molar-refractivity contribution in [1.29, 1.82) is 0 Å². The third-order valence-corrected chi connectivity index (χ3v) is 3.53. The Hall–Kier alpha value is -1.80. The maximum absolute atomic E-state index is 5.64. The van der Waals surface area contributed by atoms with Crippen LogP contribution in [0.25, 0.3) is 0 Å². The Morgan fingerprint density at radius 1 is 0.947 bits per heavy atom. The minimum atomic E-state index is 0.590. The molecule has 0 aromatic heterocycles. The van der Waals surface area contributed by atoms with Crippen LogP contribution in [0.4, 0.5) is 11.4 Å². The van der Waals surface area contributed by atoms with Gasteiger partial charge in [-0.3, -0.25) is 0 Å². The molecule has 2 heteroatoms. The predicted molar refractivity (Wildman–Crippen MR) is 83.0 cm³/mol. The van der Waals surface area contributed by atoms with Crippen molar-refractivity contribution in [2.75, 3.05) is 11.9 Å². The van der Waals surface area contributed by atoms with Crippen LogP contribution in [0.15, 0.2) is 36.4 Å². The van der Waals surface area contributed by atoms with Gasteiger partial charge in [0, 0.05) is 25.0 Å². The molecule has 19 heavy (non-hydrogen) atoms. The average Bonchev–Trinajstić information content (AvgIpc) is 2.37. The Bertz CT molecular complexity index is 547. The molecule has 0 fully saturated rings. The molecule has 2 rings (SSSR count). The van der Waals surface area contributed by atoms with Crippen LogP contribution < -0.4 is 10.6 Å². The van der Waals surface area contributed by atoms with E-state index in [-0.39, 0.29) is 0 Å². The molecular formula is C17H22N2. The van der Waals surface area contributed by atoms with Crippen LogP contribution in [0.3, 0.4) is 0 Å². The molecule has 0 amide bonds. The zero-order valence-electron chi connectivity index (χ0n) is 12.2. The number of anilines is 2. The highest BCUT2D eigenvalue weighted by Crippen LogP contribution is 2.31. The molecule has 0 unspecified atom stereocenters. The summed E-state index contributed by atoms with van der Waals surface area (Å²) in [6.07, 6.45) is 0. The SMILES string of the molecule is Cc1cc(C)c(N(C)c2ccc(CN)cc2)c(C)c1. The van der Waals surface area contributed by atoms with Crippen molar-refractivity contribution in [3.05, 3.63) is 58.7 Å². The summed E-state index contributed by atoms with van der Waals surface area (Å²) in [7, 11) is 2.11. The van der Waals surface area contributed by atoms with E-state index in [4.69, 9.17) is 5.73 Å². The maximum Gasteiger partial charge on any atom is 0.0467 e. The number of rotatable bonds is 3. The molecule has 0 saturated carbocycles. The van der Waals surface area contributed by atoms with E-state index in [1.165, 1.54) is 28.1 Å². The summed E-state index contributed by atoms with van der Waals surface area (Å²) in [6, 6.07) is 12.9. The van der Waals surface area contributed by atoms with Gasteiger partial charge in [-0.2, -0.15) is 0 Å². The zero-order chi connectivity index (χ0) is 14.0. The molecule has 2 nitrogen and oxygen atoms in total. The number of hydrogen-bond acceptors (Lipinski definition) is 2. The summed E-state index contributed by atoms with van der Waals surface area (Å²) in [5, 5.41) is 0. The van der Waals surface area contributed by atoms with E-state index in [1.54, 1.807) is 0 Å². The molecule has 2 aromatic rings. The lowest BCUT2D eigenvalue weighted by Crippen LogP contribution is -2.12. The third-order valence-electron chi connectivity index (χ3n) is 3.53. The van der Waals surface area contributed by atoms with Crippen LogP contribution in [-0.2, 0) is 6.54 Å². The van der Waals surface area contributed by atoms with Gasteiger partial charge in [0.1, 0.15) is 0 Å². The summed E-state index contributed by atoms with van der Waals surface area (Å²) < 4.78 is 0. The van der Waals surface area contributed by atoms with Gasteiger partial charge in [-0.1, -0.05) is 29.8 Å². The van der Waals surface area contributed by atoms with Gasteiger partial charge in [-0.25, -0.2) is 0 Å². The van der Waals surface area contributed by atoms with Gasteiger partial charge in [0.2, 0.25) is 0 Å². The third kappa shape index (κ3) is 2.79. The fraction of sp³-hybridized carbons (Fsp3) is 0.294. The van der Waals surface area contributed by atoms with Crippen LogP contribution in [0.2, 0.25) is 0 Å². The highest BCUT2D eigenvalue weighted by Gasteiger charge is 2.10. The van der Waals surface area contributed by atoms with Gasteiger partial charge in [0.05, 0.1) is 0 Å². The zero-order valence-corrected chi connectivity index (χ0v) is 12.2. The Labute approximate surface area is 115 Å². The second kappa shape index (κ2) is 5.45. The van der Waals surface area contributed by atoms with Gasteiger partial charge in [-0.15, -0.1) is 0 Å². The Kier molecular flexibility index (Phi) is 3.91. The summed E-state index contributed by atoms with van der Waals surface area (Å²) in [5.41, 5.74) is 13.2. The van der Waals surface area contributed by atoms with Crippen LogP contribution in [0.5, 0.6) is 0 Å². The van der Waals surface area contributed by atoms with Crippen molar-refractivity contribution in [2.45, 2.75) is 27.3 Å². The summed E-state index contributed by atoms with van der Waals surface area (Å²) in [5.74, 6) is 0. The lowest BCUT2D eigenvalue weighted by Gasteiger charge is -2.24. The molecule has 2 N–H and O–H groups in total. The summed E-state index contributed by atoms with van der Waals surface area (Å²) in [6.45, 7) is 7.06. The molecule has 0 bridgehead atoms. The molecular weight excluding hydrogens is 232 g/mol. The van der Waals surface area contributed by atoms with Crippen LogP contribution in [-0.4, -0.2) is 7.05 Å². The Morgan fingerprint density at radius 2 is 1.47 bits per heavy atom. The van der Waals surface area contributed by atoms with Crippen molar-refractivity contribution < 1.29 is 0 Å². The average molecular weight is 254 g/mol. The van der Waals surface area contributed by atoms with Crippen LogP contribution in [0.1, 0.15) is 22.3 Å². The number of aryl methyl sites for hydroxylation is 3. The minimum absolute atomic E-state index is 0.590. The molecule has 0 aliphatic rings. The molecule has 0 atom stereocenters. The van der Waals surface area contributed by atoms with E-state index in [0.29, 0.717) is 6.54 Å². The number of nitrogens with zero attached hydrogens (tertiary/aromatic N) is 1. The molecule has 0 radical (unpaired) electrons. The number of benzene rings is 2. The van der Waals surface area contributed by atoms with Crippen molar-refractivity contribution in [3.63, 3.8) is 0 Å². The largest absolute Gasteiger partial charge is 0.344 e. The molecule has 0 heterocycles. The molecule has 0 spiro atoms. The van der Waals surface area contributed by atoms with Crippen molar-refractivity contribution in [1.82, 2.24) is 0 Å². The first-order chi connectivity index (χ1) is 9.02. The van der Waals surface area contributed by atoms with Gasteiger partial charge in [0.15, 0.2) is 0 Å². The first-order valence-corrected chi connectivity index (χ1v) is 6.63. The van der Waals surface area contributed by atoms with E-state index >= 15 is 0 Å². The van der Waals surface area contributed by atoms with Gasteiger partial charge in [0.25, 0.3) is 0 Å². The van der Waals surface area contributed by atoms with Crippen molar-refractivity contribution in [2.24, 2.45) is 5.73 Å². The van der Waals surface area contributed by atoms with Gasteiger partial charge >= 0.3 is 0 Å². The fourth-order valence-electron chi connectivity index (χ4n) is 2.69. The molecule has 0 aliphatic heterocycles. The minimum Gasteiger partial charge on any atom is -0.344 e. The molecule has 2 aromatic carbocycles. The van der Waals surface area contributed by atoms with Gasteiger partial charge in [-0.05, 0) is 49.6 Å². The highest BCUT2D eigenvalue weighted by atomic mass is 15.1. The topological polar surface area (TPSA) is 29.3 Å². The van der Waals surface area contributed by atoms with E-state index in [0.717, 1.165) is 5.56 Å². The van der Waals surface area contributed by atoms with E-state index in [1.807, 2.05) is 0 Å². The van der Waals surface area contributed by atoms with E-state index < -0.39 is 0 Å². The normalized spacial score (nSPS) is 10.6. The van der Waals surface area contributed by atoms with E-state index in [9.17, 15) is 0 Å². The second-order valence-electron chi connectivity index (χ2n) is 5.18. The Balaban J connectivity index is 2.40. The first-order valence-electron chi connectivity index (χ1n) is 6.63. The molecule has 100 valence electrons. The number of hydrogen-bond donors (Lipinski definition) is 1. The first kappa shape index (κ1) is 13.6.